The standard InChI is InChI=1S/C31H17F6N5O2/c32-30(33,34)22-12-21(13-23(16-22)31(35,36)37)17-4-6-18(7-5-17)27-40-28(19-8-9-25-26(15-19)39-11-10-38-25)42(41-27)24-3-1-2-20(14-24)29(43)44/h1-16H,(H,43,44). The molecule has 0 fully saturated rings. The second-order valence-corrected chi connectivity index (χ2v) is 9.66. The Bertz CT molecular complexity index is 2000. The van der Waals surface area contributed by atoms with Crippen molar-refractivity contribution in [1.82, 2.24) is 24.7 Å². The minimum absolute atomic E-state index is 0.0125. The molecule has 0 aliphatic heterocycles. The van der Waals surface area contributed by atoms with Gasteiger partial charge in [-0.15, -0.1) is 5.10 Å². The summed E-state index contributed by atoms with van der Waals surface area (Å²) >= 11 is 0. The van der Waals surface area contributed by atoms with Gasteiger partial charge < -0.3 is 5.11 Å². The molecular weight excluding hydrogens is 588 g/mol. The monoisotopic (exact) mass is 605 g/mol. The van der Waals surface area contributed by atoms with Crippen molar-refractivity contribution in [3.8, 4) is 39.6 Å². The second-order valence-electron chi connectivity index (χ2n) is 9.66. The lowest BCUT2D eigenvalue weighted by atomic mass is 9.98. The van der Waals surface area contributed by atoms with E-state index in [2.05, 4.69) is 20.1 Å². The number of halogens is 6. The first-order chi connectivity index (χ1) is 20.9. The molecule has 220 valence electrons. The summed E-state index contributed by atoms with van der Waals surface area (Å²) in [4.78, 5) is 24.9. The first-order valence-electron chi connectivity index (χ1n) is 12.8. The third-order valence-electron chi connectivity index (χ3n) is 6.74. The highest BCUT2D eigenvalue weighted by Gasteiger charge is 2.37. The van der Waals surface area contributed by atoms with E-state index < -0.39 is 29.4 Å². The van der Waals surface area contributed by atoms with Crippen molar-refractivity contribution >= 4 is 17.0 Å². The number of carbonyl (C=O) groups is 1. The highest BCUT2D eigenvalue weighted by Crippen LogP contribution is 2.39. The largest absolute Gasteiger partial charge is 0.478 e. The van der Waals surface area contributed by atoms with Crippen LogP contribution >= 0.6 is 0 Å². The van der Waals surface area contributed by atoms with Crippen LogP contribution in [-0.4, -0.2) is 35.8 Å². The van der Waals surface area contributed by atoms with Crippen LogP contribution in [0.1, 0.15) is 21.5 Å². The van der Waals surface area contributed by atoms with Crippen molar-refractivity contribution in [2.24, 2.45) is 0 Å². The van der Waals surface area contributed by atoms with Gasteiger partial charge in [0.15, 0.2) is 11.6 Å². The Balaban J connectivity index is 1.45. The zero-order chi connectivity index (χ0) is 31.2. The van der Waals surface area contributed by atoms with Gasteiger partial charge in [-0.05, 0) is 65.7 Å². The van der Waals surface area contributed by atoms with Crippen LogP contribution in [-0.2, 0) is 12.4 Å². The third kappa shape index (κ3) is 5.59. The van der Waals surface area contributed by atoms with Crippen LogP contribution < -0.4 is 0 Å². The minimum Gasteiger partial charge on any atom is -0.478 e. The Hall–Kier alpha value is -5.59. The molecule has 0 aliphatic carbocycles. The highest BCUT2D eigenvalue weighted by atomic mass is 19.4. The minimum atomic E-state index is -4.98. The normalized spacial score (nSPS) is 12.0. The summed E-state index contributed by atoms with van der Waals surface area (Å²) in [6.45, 7) is 0. The number of alkyl halides is 6. The number of rotatable bonds is 5. The van der Waals surface area contributed by atoms with Gasteiger partial charge in [0.25, 0.3) is 0 Å². The summed E-state index contributed by atoms with van der Waals surface area (Å²) in [5.41, 5.74) is -0.382. The van der Waals surface area contributed by atoms with Crippen molar-refractivity contribution in [1.29, 1.82) is 0 Å². The predicted octanol–water partition coefficient (Wildman–Crippen LogP) is 7.95. The van der Waals surface area contributed by atoms with Gasteiger partial charge in [0.05, 0.1) is 33.4 Å². The molecule has 2 aromatic heterocycles. The fourth-order valence-electron chi connectivity index (χ4n) is 4.61. The first-order valence-corrected chi connectivity index (χ1v) is 12.8. The fraction of sp³-hybridized carbons (Fsp3) is 0.0645. The molecule has 4 aromatic carbocycles. The summed E-state index contributed by atoms with van der Waals surface area (Å²) in [5, 5.41) is 14.1. The van der Waals surface area contributed by atoms with Crippen molar-refractivity contribution in [3.63, 3.8) is 0 Å². The zero-order valence-corrected chi connectivity index (χ0v) is 22.1. The summed E-state index contributed by atoms with van der Waals surface area (Å²) in [7, 11) is 0. The van der Waals surface area contributed by atoms with Gasteiger partial charge in [-0.1, -0.05) is 30.3 Å². The molecule has 7 nitrogen and oxygen atoms in total. The number of aromatic carboxylic acids is 1. The summed E-state index contributed by atoms with van der Waals surface area (Å²) in [6, 6.07) is 18.4. The number of hydrogen-bond acceptors (Lipinski definition) is 5. The average Bonchev–Trinajstić information content (AvgIpc) is 3.45. The molecule has 1 N–H and O–H groups in total. The number of aromatic nitrogens is 5. The lowest BCUT2D eigenvalue weighted by Crippen LogP contribution is -2.11. The van der Waals surface area contributed by atoms with E-state index in [1.165, 1.54) is 47.3 Å². The lowest BCUT2D eigenvalue weighted by molar-refractivity contribution is -0.143. The van der Waals surface area contributed by atoms with Gasteiger partial charge in [-0.25, -0.2) is 14.5 Å². The number of nitrogens with zero attached hydrogens (tertiary/aromatic N) is 5. The maximum atomic E-state index is 13.4. The molecule has 44 heavy (non-hydrogen) atoms. The number of hydrogen-bond donors (Lipinski definition) is 1. The third-order valence-corrected chi connectivity index (χ3v) is 6.74. The molecule has 0 radical (unpaired) electrons. The van der Waals surface area contributed by atoms with Crippen LogP contribution in [0.25, 0.3) is 50.6 Å². The molecule has 2 heterocycles. The molecule has 6 rings (SSSR count). The average molecular weight is 605 g/mol. The molecule has 0 saturated heterocycles. The number of fused-ring (bicyclic) bond motifs is 1. The van der Waals surface area contributed by atoms with Crippen LogP contribution in [0.15, 0.2) is 97.3 Å². The molecule has 0 aliphatic rings. The van der Waals surface area contributed by atoms with Crippen LogP contribution in [0.2, 0.25) is 0 Å². The predicted molar refractivity (Wildman–Crippen MR) is 148 cm³/mol. The summed E-state index contributed by atoms with van der Waals surface area (Å²) in [6.07, 6.45) is -6.88. The molecular formula is C31H17F6N5O2. The maximum absolute atomic E-state index is 13.4. The number of benzene rings is 4. The van der Waals surface area contributed by atoms with Crippen LogP contribution in [0.5, 0.6) is 0 Å². The Kier molecular flexibility index (Phi) is 6.87. The van der Waals surface area contributed by atoms with Gasteiger partial charge in [-0.2, -0.15) is 26.3 Å². The SMILES string of the molecule is O=C(O)c1cccc(-n2nc(-c3ccc(-c4cc(C(F)(F)F)cc(C(F)(F)F)c4)cc3)nc2-c2ccc3nccnc3c2)c1. The van der Waals surface area contributed by atoms with E-state index in [1.54, 1.807) is 36.5 Å². The van der Waals surface area contributed by atoms with E-state index in [0.29, 0.717) is 45.8 Å². The van der Waals surface area contributed by atoms with Gasteiger partial charge in [0.2, 0.25) is 0 Å². The molecule has 13 heteroatoms. The van der Waals surface area contributed by atoms with Gasteiger partial charge in [0.1, 0.15) is 0 Å². The topological polar surface area (TPSA) is 93.8 Å². The summed E-state index contributed by atoms with van der Waals surface area (Å²) in [5.74, 6) is -0.646. The highest BCUT2D eigenvalue weighted by molar-refractivity contribution is 5.88. The van der Waals surface area contributed by atoms with Crippen LogP contribution in [0.3, 0.4) is 0 Å². The van der Waals surface area contributed by atoms with Crippen molar-refractivity contribution < 1.29 is 36.2 Å². The molecule has 6 aromatic rings. The molecule has 0 saturated carbocycles. The van der Waals surface area contributed by atoms with E-state index in [1.807, 2.05) is 0 Å². The van der Waals surface area contributed by atoms with Crippen molar-refractivity contribution in [3.05, 3.63) is 114 Å². The van der Waals surface area contributed by atoms with E-state index in [9.17, 15) is 36.2 Å². The van der Waals surface area contributed by atoms with E-state index in [-0.39, 0.29) is 28.6 Å². The van der Waals surface area contributed by atoms with Crippen molar-refractivity contribution in [2.75, 3.05) is 0 Å². The molecule has 0 amide bonds. The zero-order valence-electron chi connectivity index (χ0n) is 22.1. The lowest BCUT2D eigenvalue weighted by Gasteiger charge is -2.14. The molecule has 0 atom stereocenters. The van der Waals surface area contributed by atoms with Crippen molar-refractivity contribution in [2.45, 2.75) is 12.4 Å². The molecule has 0 unspecified atom stereocenters. The summed E-state index contributed by atoms with van der Waals surface area (Å²) < 4.78 is 81.8. The fourth-order valence-corrected chi connectivity index (χ4v) is 4.61. The van der Waals surface area contributed by atoms with Crippen LogP contribution in [0.4, 0.5) is 26.3 Å². The van der Waals surface area contributed by atoms with E-state index >= 15 is 0 Å². The van der Waals surface area contributed by atoms with Crippen LogP contribution in [0, 0.1) is 0 Å². The Morgan fingerprint density at radius 1 is 0.659 bits per heavy atom. The maximum Gasteiger partial charge on any atom is 0.416 e. The Morgan fingerprint density at radius 2 is 1.27 bits per heavy atom. The second kappa shape index (κ2) is 10.6. The van der Waals surface area contributed by atoms with Gasteiger partial charge >= 0.3 is 18.3 Å². The quantitative estimate of drug-likeness (QED) is 0.201. The molecule has 0 bridgehead atoms. The smallest absolute Gasteiger partial charge is 0.416 e. The first kappa shape index (κ1) is 28.5. The van der Waals surface area contributed by atoms with E-state index in [0.717, 1.165) is 0 Å². The Labute approximate surface area is 244 Å². The Morgan fingerprint density at radius 3 is 1.91 bits per heavy atom. The van der Waals surface area contributed by atoms with E-state index in [4.69, 9.17) is 0 Å². The number of carboxylic acids is 1. The van der Waals surface area contributed by atoms with Gasteiger partial charge in [-0.3, -0.25) is 9.97 Å². The number of carboxylic acid groups (broad SMARTS) is 1. The molecule has 0 spiro atoms. The van der Waals surface area contributed by atoms with Gasteiger partial charge in [0, 0.05) is 23.5 Å².